The Kier molecular flexibility index (Phi) is 10.1. The molecule has 0 radical (unpaired) electrons. The molecule has 244 valence electrons. The van der Waals surface area contributed by atoms with Gasteiger partial charge in [-0.15, -0.1) is 0 Å². The molecule has 2 aromatic carbocycles. The minimum absolute atomic E-state index is 0.189. The van der Waals surface area contributed by atoms with Crippen molar-refractivity contribution >= 4 is 23.6 Å². The molecule has 1 aliphatic heterocycles. The highest BCUT2D eigenvalue weighted by atomic mass is 16.6. The van der Waals surface area contributed by atoms with Crippen LogP contribution in [0, 0.1) is 0 Å². The van der Waals surface area contributed by atoms with Crippen molar-refractivity contribution in [3.05, 3.63) is 45.6 Å². The van der Waals surface area contributed by atoms with Gasteiger partial charge in [-0.25, -0.2) is 4.79 Å². The van der Waals surface area contributed by atoms with E-state index in [0.29, 0.717) is 67.4 Å². The lowest BCUT2D eigenvalue weighted by Crippen LogP contribution is -2.54. The van der Waals surface area contributed by atoms with E-state index in [1.54, 1.807) is 37.0 Å². The van der Waals surface area contributed by atoms with Gasteiger partial charge in [0.15, 0.2) is 11.5 Å². The highest BCUT2D eigenvalue weighted by molar-refractivity contribution is 5.86. The van der Waals surface area contributed by atoms with Gasteiger partial charge in [-0.1, -0.05) is 6.07 Å². The summed E-state index contributed by atoms with van der Waals surface area (Å²) in [7, 11) is 4.63. The zero-order chi connectivity index (χ0) is 33.1. The summed E-state index contributed by atoms with van der Waals surface area (Å²) in [5, 5.41) is 6.10. The van der Waals surface area contributed by atoms with Crippen molar-refractivity contribution in [2.75, 3.05) is 52.8 Å². The third-order valence-corrected chi connectivity index (χ3v) is 7.90. The second kappa shape index (κ2) is 13.7. The highest BCUT2D eigenvalue weighted by Crippen LogP contribution is 2.50. The molecule has 2 aromatic rings. The van der Waals surface area contributed by atoms with Gasteiger partial charge in [0.1, 0.15) is 11.6 Å². The van der Waals surface area contributed by atoms with E-state index in [0.717, 1.165) is 11.1 Å². The van der Waals surface area contributed by atoms with E-state index in [2.05, 4.69) is 10.6 Å². The van der Waals surface area contributed by atoms with Crippen LogP contribution < -0.4 is 30.3 Å². The van der Waals surface area contributed by atoms with Crippen molar-refractivity contribution in [2.45, 2.75) is 65.1 Å². The van der Waals surface area contributed by atoms with Crippen molar-refractivity contribution in [2.24, 2.45) is 0 Å². The van der Waals surface area contributed by atoms with E-state index in [1.165, 1.54) is 20.1 Å². The smallest absolute Gasteiger partial charge is 0.410 e. The molecule has 2 N–H and O–H groups in total. The van der Waals surface area contributed by atoms with Crippen LogP contribution in [0.2, 0.25) is 0 Å². The first-order chi connectivity index (χ1) is 21.3. The number of hydrogen-bond acceptors (Lipinski definition) is 9. The summed E-state index contributed by atoms with van der Waals surface area (Å²) < 4.78 is 22.5. The molecule has 2 atom stereocenters. The first kappa shape index (κ1) is 33.4. The van der Waals surface area contributed by atoms with Gasteiger partial charge >= 0.3 is 6.09 Å². The fourth-order valence-corrected chi connectivity index (χ4v) is 5.83. The molecule has 0 spiro atoms. The van der Waals surface area contributed by atoms with Crippen molar-refractivity contribution < 1.29 is 33.3 Å². The molecule has 1 heterocycles. The van der Waals surface area contributed by atoms with E-state index < -0.39 is 23.8 Å². The molecule has 12 nitrogen and oxygen atoms in total. The Morgan fingerprint density at radius 2 is 1.58 bits per heavy atom. The molecule has 0 aromatic heterocycles. The van der Waals surface area contributed by atoms with Crippen LogP contribution >= 0.6 is 0 Å². The number of piperazine rings is 1. The molecular weight excluding hydrogens is 580 g/mol. The zero-order valence-corrected chi connectivity index (χ0v) is 27.4. The number of benzene rings is 1. The normalized spacial score (nSPS) is 16.8. The molecule has 0 saturated carbocycles. The second-order valence-corrected chi connectivity index (χ2v) is 12.3. The number of aryl methyl sites for hydroxylation is 1. The Morgan fingerprint density at radius 1 is 0.933 bits per heavy atom. The molecule has 1 saturated heterocycles. The molecule has 2 aliphatic rings. The fraction of sp³-hybridized carbons (Fsp3) is 0.515. The van der Waals surface area contributed by atoms with Crippen LogP contribution in [0.3, 0.4) is 0 Å². The van der Waals surface area contributed by atoms with E-state index in [9.17, 15) is 19.2 Å². The maximum atomic E-state index is 13.7. The molecule has 12 heteroatoms. The average Bonchev–Trinajstić information content (AvgIpc) is 3.23. The molecule has 2 unspecified atom stereocenters. The third-order valence-electron chi connectivity index (χ3n) is 7.90. The van der Waals surface area contributed by atoms with Crippen molar-refractivity contribution in [1.82, 2.24) is 15.1 Å². The van der Waals surface area contributed by atoms with Crippen LogP contribution in [0.4, 0.5) is 10.5 Å². The van der Waals surface area contributed by atoms with Crippen LogP contribution in [0.1, 0.15) is 58.2 Å². The minimum atomic E-state index is -0.717. The molecule has 45 heavy (non-hydrogen) atoms. The van der Waals surface area contributed by atoms with Crippen molar-refractivity contribution in [3.8, 4) is 28.4 Å². The van der Waals surface area contributed by atoms with Crippen LogP contribution in [0.15, 0.2) is 29.1 Å². The van der Waals surface area contributed by atoms with Crippen LogP contribution in [-0.2, 0) is 20.7 Å². The second-order valence-electron chi connectivity index (χ2n) is 12.3. The zero-order valence-electron chi connectivity index (χ0n) is 27.4. The monoisotopic (exact) mass is 624 g/mol. The molecule has 1 fully saturated rings. The van der Waals surface area contributed by atoms with Crippen LogP contribution in [0.25, 0.3) is 11.1 Å². The van der Waals surface area contributed by atoms with Gasteiger partial charge in [0.05, 0.1) is 33.1 Å². The SMILES string of the molecule is COc1cc2c(c(OC)c1OC)-c1ccc(NC(C)C(=O)N3CCN(C(=O)OC(C)(C)C)CC3)c(=O)cc1C(NC(C)=O)CC2. The summed E-state index contributed by atoms with van der Waals surface area (Å²) in [4.78, 5) is 55.0. The van der Waals surface area contributed by atoms with Gasteiger partial charge < -0.3 is 39.4 Å². The van der Waals surface area contributed by atoms with Gasteiger partial charge in [0.25, 0.3) is 0 Å². The number of ether oxygens (including phenoxy) is 4. The Hall–Kier alpha value is -4.48. The topological polar surface area (TPSA) is 136 Å². The summed E-state index contributed by atoms with van der Waals surface area (Å²) in [6, 6.07) is 5.71. The average molecular weight is 625 g/mol. The quantitative estimate of drug-likeness (QED) is 0.472. The Morgan fingerprint density at radius 3 is 2.16 bits per heavy atom. The standard InChI is InChI=1S/C33H44N4O8/c1-19(31(40)36-13-15-37(16-14-36)32(41)45-33(3,4)5)34-25-12-10-22-23(18-26(25)39)24(35-20(2)38)11-9-21-17-27(42-6)29(43-7)30(44-8)28(21)22/h10,12,17-19,24H,9,11,13-16H2,1-8H3,(H,34,39)(H,35,38). The van der Waals surface area contributed by atoms with Crippen LogP contribution in [0.5, 0.6) is 17.2 Å². The summed E-state index contributed by atoms with van der Waals surface area (Å²) in [6.45, 7) is 10.00. The molecule has 0 bridgehead atoms. The predicted molar refractivity (Wildman–Crippen MR) is 170 cm³/mol. The number of hydrogen-bond donors (Lipinski definition) is 2. The molecule has 1 aliphatic carbocycles. The van der Waals surface area contributed by atoms with Gasteiger partial charge in [-0.2, -0.15) is 0 Å². The van der Waals surface area contributed by atoms with E-state index >= 15 is 0 Å². The molecule has 3 amide bonds. The number of methoxy groups -OCH3 is 3. The fourth-order valence-electron chi connectivity index (χ4n) is 5.83. The highest BCUT2D eigenvalue weighted by Gasteiger charge is 2.31. The number of carbonyl (C=O) groups is 3. The summed E-state index contributed by atoms with van der Waals surface area (Å²) in [5.41, 5.74) is 2.29. The van der Waals surface area contributed by atoms with Gasteiger partial charge in [0, 0.05) is 38.7 Å². The maximum absolute atomic E-state index is 13.7. The lowest BCUT2D eigenvalue weighted by Gasteiger charge is -2.36. The Bertz CT molecular complexity index is 1510. The van der Waals surface area contributed by atoms with Crippen molar-refractivity contribution in [3.63, 3.8) is 0 Å². The first-order valence-electron chi connectivity index (χ1n) is 15.1. The van der Waals surface area contributed by atoms with Gasteiger partial charge in [-0.3, -0.25) is 14.4 Å². The minimum Gasteiger partial charge on any atom is -0.493 e. The van der Waals surface area contributed by atoms with Crippen molar-refractivity contribution in [1.29, 1.82) is 0 Å². The Balaban J connectivity index is 1.65. The number of nitrogens with one attached hydrogen (secondary N) is 2. The first-order valence-corrected chi connectivity index (χ1v) is 15.1. The molecular formula is C33H44N4O8. The maximum Gasteiger partial charge on any atom is 0.410 e. The number of fused-ring (bicyclic) bond motifs is 3. The van der Waals surface area contributed by atoms with Gasteiger partial charge in [-0.05, 0) is 75.4 Å². The van der Waals surface area contributed by atoms with E-state index in [1.807, 2.05) is 32.9 Å². The predicted octanol–water partition coefficient (Wildman–Crippen LogP) is 3.74. The number of anilines is 1. The summed E-state index contributed by atoms with van der Waals surface area (Å²) >= 11 is 0. The number of amides is 3. The number of rotatable bonds is 7. The Labute approximate surface area is 264 Å². The lowest BCUT2D eigenvalue weighted by atomic mass is 9.95. The van der Waals surface area contributed by atoms with E-state index in [4.69, 9.17) is 18.9 Å². The van der Waals surface area contributed by atoms with Crippen LogP contribution in [-0.4, -0.2) is 86.9 Å². The largest absolute Gasteiger partial charge is 0.493 e. The van der Waals surface area contributed by atoms with E-state index in [-0.39, 0.29) is 22.9 Å². The van der Waals surface area contributed by atoms with Gasteiger partial charge in [0.2, 0.25) is 23.0 Å². The summed E-state index contributed by atoms with van der Waals surface area (Å²) in [5.74, 6) is 0.979. The third kappa shape index (κ3) is 7.43. The number of carbonyl (C=O) groups excluding carboxylic acids is 3. The lowest BCUT2D eigenvalue weighted by molar-refractivity contribution is -0.133. The number of nitrogens with zero attached hydrogens (tertiary/aromatic N) is 2. The summed E-state index contributed by atoms with van der Waals surface area (Å²) in [6.07, 6.45) is 0.718. The molecule has 4 rings (SSSR count).